The third-order valence-corrected chi connectivity index (χ3v) is 3.45. The van der Waals surface area contributed by atoms with Crippen LogP contribution < -0.4 is 10.6 Å². The number of anilines is 1. The number of nitrogens with zero attached hydrogens (tertiary/aromatic N) is 1. The number of carbonyl (C=O) groups is 1. The zero-order valence-corrected chi connectivity index (χ0v) is 10.9. The molecular formula is C12H16ClN3O. The first kappa shape index (κ1) is 12.2. The fourth-order valence-electron chi connectivity index (χ4n) is 1.70. The Balaban J connectivity index is 2.07. The van der Waals surface area contributed by atoms with E-state index in [4.69, 9.17) is 11.6 Å². The van der Waals surface area contributed by atoms with Crippen LogP contribution in [0, 0.1) is 5.41 Å². The third kappa shape index (κ3) is 2.52. The van der Waals surface area contributed by atoms with Crippen molar-refractivity contribution >= 4 is 23.3 Å². The number of carbonyl (C=O) groups excluding carboxylic acids is 1. The molecule has 1 aliphatic rings. The van der Waals surface area contributed by atoms with E-state index in [-0.39, 0.29) is 17.4 Å². The predicted molar refractivity (Wildman–Crippen MR) is 68.4 cm³/mol. The summed E-state index contributed by atoms with van der Waals surface area (Å²) in [6.45, 7) is 4.26. The standard InChI is InChI=1S/C12H16ClN3O/c1-12(2)5-9(12)16-11(17)7-4-8(13)10(14-3)15-6-7/h4,6,9H,5H2,1-3H3,(H,14,15)(H,16,17). The second-order valence-electron chi connectivity index (χ2n) is 5.02. The second kappa shape index (κ2) is 4.18. The first-order chi connectivity index (χ1) is 7.94. The highest BCUT2D eigenvalue weighted by Crippen LogP contribution is 2.44. The van der Waals surface area contributed by atoms with Crippen molar-refractivity contribution in [2.24, 2.45) is 5.41 Å². The lowest BCUT2D eigenvalue weighted by atomic mass is 10.2. The number of halogens is 1. The van der Waals surface area contributed by atoms with Crippen molar-refractivity contribution in [1.29, 1.82) is 0 Å². The number of nitrogens with one attached hydrogen (secondary N) is 2. The number of pyridine rings is 1. The molecule has 4 nitrogen and oxygen atoms in total. The number of aromatic nitrogens is 1. The van der Waals surface area contributed by atoms with Crippen molar-refractivity contribution in [3.05, 3.63) is 22.8 Å². The molecule has 0 spiro atoms. The van der Waals surface area contributed by atoms with E-state index in [1.54, 1.807) is 13.1 Å². The topological polar surface area (TPSA) is 54.0 Å². The summed E-state index contributed by atoms with van der Waals surface area (Å²) in [4.78, 5) is 16.0. The summed E-state index contributed by atoms with van der Waals surface area (Å²) in [6.07, 6.45) is 2.55. The predicted octanol–water partition coefficient (Wildman–Crippen LogP) is 2.31. The van der Waals surface area contributed by atoms with E-state index in [0.717, 1.165) is 6.42 Å². The fourth-order valence-corrected chi connectivity index (χ4v) is 1.96. The maximum Gasteiger partial charge on any atom is 0.253 e. The average Bonchev–Trinajstić information content (AvgIpc) is 2.85. The second-order valence-corrected chi connectivity index (χ2v) is 5.43. The summed E-state index contributed by atoms with van der Waals surface area (Å²) in [6, 6.07) is 1.89. The van der Waals surface area contributed by atoms with Gasteiger partial charge >= 0.3 is 0 Å². The molecule has 1 aromatic heterocycles. The molecule has 0 aromatic carbocycles. The smallest absolute Gasteiger partial charge is 0.253 e. The number of rotatable bonds is 3. The lowest BCUT2D eigenvalue weighted by Crippen LogP contribution is -2.28. The Bertz CT molecular complexity index is 459. The summed E-state index contributed by atoms with van der Waals surface area (Å²) in [5.41, 5.74) is 0.717. The Morgan fingerprint density at radius 3 is 2.71 bits per heavy atom. The SMILES string of the molecule is CNc1ncc(C(=O)NC2CC2(C)C)cc1Cl. The van der Waals surface area contributed by atoms with E-state index < -0.39 is 0 Å². The average molecular weight is 254 g/mol. The minimum atomic E-state index is -0.113. The maximum atomic E-state index is 11.9. The van der Waals surface area contributed by atoms with Crippen molar-refractivity contribution in [3.8, 4) is 0 Å². The van der Waals surface area contributed by atoms with E-state index >= 15 is 0 Å². The highest BCUT2D eigenvalue weighted by atomic mass is 35.5. The van der Waals surface area contributed by atoms with Crippen molar-refractivity contribution in [3.63, 3.8) is 0 Å². The summed E-state index contributed by atoms with van der Waals surface area (Å²) in [7, 11) is 1.74. The largest absolute Gasteiger partial charge is 0.372 e. The molecule has 0 aliphatic heterocycles. The molecule has 1 fully saturated rings. The minimum absolute atomic E-state index is 0.113. The summed E-state index contributed by atoms with van der Waals surface area (Å²) in [5, 5.41) is 6.27. The van der Waals surface area contributed by atoms with E-state index in [1.165, 1.54) is 6.20 Å². The van der Waals surface area contributed by atoms with Gasteiger partial charge in [-0.1, -0.05) is 25.4 Å². The van der Waals surface area contributed by atoms with Crippen molar-refractivity contribution < 1.29 is 4.79 Å². The maximum absolute atomic E-state index is 11.9. The summed E-state index contributed by atoms with van der Waals surface area (Å²) in [5.74, 6) is 0.465. The van der Waals surface area contributed by atoms with Gasteiger partial charge in [-0.2, -0.15) is 0 Å². The van der Waals surface area contributed by atoms with Gasteiger partial charge in [0.05, 0.1) is 10.6 Å². The zero-order chi connectivity index (χ0) is 12.6. The molecule has 0 bridgehead atoms. The summed E-state index contributed by atoms with van der Waals surface area (Å²) < 4.78 is 0. The van der Waals surface area contributed by atoms with Crippen LogP contribution in [0.25, 0.3) is 0 Å². The molecule has 2 N–H and O–H groups in total. The van der Waals surface area contributed by atoms with Gasteiger partial charge in [0.2, 0.25) is 0 Å². The molecule has 1 aromatic rings. The molecule has 1 atom stereocenters. The molecule has 1 amide bonds. The molecule has 17 heavy (non-hydrogen) atoms. The highest BCUT2D eigenvalue weighted by molar-refractivity contribution is 6.33. The van der Waals surface area contributed by atoms with Crippen LogP contribution in [0.1, 0.15) is 30.6 Å². The van der Waals surface area contributed by atoms with Crippen LogP contribution in [0.3, 0.4) is 0 Å². The number of amides is 1. The van der Waals surface area contributed by atoms with Gasteiger partial charge in [-0.15, -0.1) is 0 Å². The van der Waals surface area contributed by atoms with Gasteiger partial charge in [0.1, 0.15) is 5.82 Å². The monoisotopic (exact) mass is 253 g/mol. The van der Waals surface area contributed by atoms with Gasteiger partial charge in [0, 0.05) is 19.3 Å². The number of hydrogen-bond acceptors (Lipinski definition) is 3. The first-order valence-corrected chi connectivity index (χ1v) is 5.96. The van der Waals surface area contributed by atoms with Gasteiger partial charge in [-0.05, 0) is 17.9 Å². The number of hydrogen-bond donors (Lipinski definition) is 2. The van der Waals surface area contributed by atoms with Crippen molar-refractivity contribution in [2.45, 2.75) is 26.3 Å². The Labute approximate surface area is 106 Å². The third-order valence-electron chi connectivity index (χ3n) is 3.16. The van der Waals surface area contributed by atoms with E-state index in [2.05, 4.69) is 29.5 Å². The van der Waals surface area contributed by atoms with E-state index in [1.807, 2.05) is 0 Å². The Hall–Kier alpha value is -1.29. The molecular weight excluding hydrogens is 238 g/mol. The quantitative estimate of drug-likeness (QED) is 0.869. The van der Waals surface area contributed by atoms with Crippen LogP contribution in [-0.4, -0.2) is 24.0 Å². The zero-order valence-electron chi connectivity index (χ0n) is 10.2. The molecule has 92 valence electrons. The molecule has 5 heteroatoms. The van der Waals surface area contributed by atoms with Gasteiger partial charge in [-0.3, -0.25) is 4.79 Å². The lowest BCUT2D eigenvalue weighted by molar-refractivity contribution is 0.0946. The van der Waals surface area contributed by atoms with Crippen LogP contribution in [0.5, 0.6) is 0 Å². The normalized spacial score (nSPS) is 20.8. The van der Waals surface area contributed by atoms with Gasteiger partial charge < -0.3 is 10.6 Å². The minimum Gasteiger partial charge on any atom is -0.372 e. The van der Waals surface area contributed by atoms with Crippen LogP contribution in [0.4, 0.5) is 5.82 Å². The Kier molecular flexibility index (Phi) is 3.00. The van der Waals surface area contributed by atoms with E-state index in [0.29, 0.717) is 16.4 Å². The molecule has 1 saturated carbocycles. The Morgan fingerprint density at radius 1 is 1.59 bits per heavy atom. The molecule has 2 rings (SSSR count). The van der Waals surface area contributed by atoms with Crippen LogP contribution in [-0.2, 0) is 0 Å². The molecule has 1 aliphatic carbocycles. The van der Waals surface area contributed by atoms with Crippen LogP contribution >= 0.6 is 11.6 Å². The van der Waals surface area contributed by atoms with Gasteiger partial charge in [0.25, 0.3) is 5.91 Å². The van der Waals surface area contributed by atoms with Crippen LogP contribution in [0.15, 0.2) is 12.3 Å². The summed E-state index contributed by atoms with van der Waals surface area (Å²) >= 11 is 5.98. The van der Waals surface area contributed by atoms with Crippen LogP contribution in [0.2, 0.25) is 5.02 Å². The molecule has 1 unspecified atom stereocenters. The molecule has 0 radical (unpaired) electrons. The first-order valence-electron chi connectivity index (χ1n) is 5.58. The van der Waals surface area contributed by atoms with Crippen molar-refractivity contribution in [1.82, 2.24) is 10.3 Å². The lowest BCUT2D eigenvalue weighted by Gasteiger charge is -2.08. The van der Waals surface area contributed by atoms with E-state index in [9.17, 15) is 4.79 Å². The highest BCUT2D eigenvalue weighted by Gasteiger charge is 2.46. The molecule has 1 heterocycles. The van der Waals surface area contributed by atoms with Crippen molar-refractivity contribution in [2.75, 3.05) is 12.4 Å². The molecule has 0 saturated heterocycles. The van der Waals surface area contributed by atoms with Gasteiger partial charge in [-0.25, -0.2) is 4.98 Å². The van der Waals surface area contributed by atoms with Gasteiger partial charge in [0.15, 0.2) is 0 Å². The Morgan fingerprint density at radius 2 is 2.24 bits per heavy atom. The fraction of sp³-hybridized carbons (Fsp3) is 0.500.